The Morgan fingerprint density at radius 3 is 2.89 bits per heavy atom. The number of methoxy groups -OCH3 is 1. The number of rotatable bonds is 8. The normalized spacial score (nSPS) is 10.8. The van der Waals surface area contributed by atoms with E-state index in [1.807, 2.05) is 0 Å². The SMILES string of the molecule is CCCCNc1nc(NC(=O)O)nc2cnn(Cc3cnc(Cl)cc3OC)c12. The van der Waals surface area contributed by atoms with E-state index >= 15 is 0 Å². The monoisotopic (exact) mass is 405 g/mol. The Morgan fingerprint density at radius 1 is 1.36 bits per heavy atom. The van der Waals surface area contributed by atoms with Crippen LogP contribution in [0, 0.1) is 0 Å². The van der Waals surface area contributed by atoms with Gasteiger partial charge in [0.15, 0.2) is 5.82 Å². The molecule has 28 heavy (non-hydrogen) atoms. The van der Waals surface area contributed by atoms with Crippen molar-refractivity contribution in [1.82, 2.24) is 24.7 Å². The molecule has 0 aliphatic heterocycles. The predicted octanol–water partition coefficient (Wildman–Crippen LogP) is 3.23. The highest BCUT2D eigenvalue weighted by Gasteiger charge is 2.16. The number of amides is 1. The van der Waals surface area contributed by atoms with Gasteiger partial charge >= 0.3 is 6.09 Å². The molecule has 0 spiro atoms. The number of hydrogen-bond donors (Lipinski definition) is 3. The number of nitrogens with zero attached hydrogens (tertiary/aromatic N) is 5. The molecule has 11 heteroatoms. The molecule has 10 nitrogen and oxygen atoms in total. The molecule has 0 unspecified atom stereocenters. The third kappa shape index (κ3) is 4.39. The predicted molar refractivity (Wildman–Crippen MR) is 105 cm³/mol. The maximum atomic E-state index is 11.0. The van der Waals surface area contributed by atoms with Gasteiger partial charge in [-0.15, -0.1) is 0 Å². The first kappa shape index (κ1) is 19.6. The largest absolute Gasteiger partial charge is 0.496 e. The maximum Gasteiger partial charge on any atom is 0.411 e. The zero-order chi connectivity index (χ0) is 20.1. The number of carbonyl (C=O) groups is 1. The highest BCUT2D eigenvalue weighted by Crippen LogP contribution is 2.26. The van der Waals surface area contributed by atoms with Crippen LogP contribution in [-0.2, 0) is 6.54 Å². The minimum atomic E-state index is -1.23. The summed E-state index contributed by atoms with van der Waals surface area (Å²) in [6.45, 7) is 3.12. The van der Waals surface area contributed by atoms with E-state index in [0.29, 0.717) is 40.8 Å². The Morgan fingerprint density at radius 2 is 2.18 bits per heavy atom. The number of hydrogen-bond acceptors (Lipinski definition) is 7. The summed E-state index contributed by atoms with van der Waals surface area (Å²) in [6, 6.07) is 1.63. The van der Waals surface area contributed by atoms with E-state index in [1.165, 1.54) is 0 Å². The molecule has 0 aliphatic rings. The second-order valence-electron chi connectivity index (χ2n) is 5.96. The Kier molecular flexibility index (Phi) is 6.09. The number of unbranched alkanes of at least 4 members (excludes halogenated alkanes) is 1. The number of fused-ring (bicyclic) bond motifs is 1. The molecule has 3 aromatic heterocycles. The Labute approximate surface area is 165 Å². The number of halogens is 1. The molecule has 0 saturated carbocycles. The number of anilines is 2. The van der Waals surface area contributed by atoms with Crippen LogP contribution in [0.15, 0.2) is 18.5 Å². The summed E-state index contributed by atoms with van der Waals surface area (Å²) < 4.78 is 7.08. The van der Waals surface area contributed by atoms with E-state index in [9.17, 15) is 4.79 Å². The Hall–Kier alpha value is -3.14. The van der Waals surface area contributed by atoms with Gasteiger partial charge in [-0.05, 0) is 6.42 Å². The minimum absolute atomic E-state index is 0.00992. The van der Waals surface area contributed by atoms with Crippen LogP contribution in [0.4, 0.5) is 16.6 Å². The zero-order valence-electron chi connectivity index (χ0n) is 15.4. The van der Waals surface area contributed by atoms with Crippen molar-refractivity contribution in [3.63, 3.8) is 0 Å². The second kappa shape index (κ2) is 8.70. The van der Waals surface area contributed by atoms with Crippen LogP contribution in [0.3, 0.4) is 0 Å². The van der Waals surface area contributed by atoms with Gasteiger partial charge < -0.3 is 15.2 Å². The van der Waals surface area contributed by atoms with Gasteiger partial charge in [-0.25, -0.2) is 14.8 Å². The zero-order valence-corrected chi connectivity index (χ0v) is 16.2. The molecule has 0 fully saturated rings. The molecule has 0 bridgehead atoms. The van der Waals surface area contributed by atoms with Crippen molar-refractivity contribution < 1.29 is 14.6 Å². The summed E-state index contributed by atoms with van der Waals surface area (Å²) in [7, 11) is 1.56. The molecule has 1 amide bonds. The lowest BCUT2D eigenvalue weighted by atomic mass is 10.2. The summed E-state index contributed by atoms with van der Waals surface area (Å²) in [5.74, 6) is 1.08. The van der Waals surface area contributed by atoms with Crippen LogP contribution in [0.25, 0.3) is 11.0 Å². The molecule has 0 aliphatic carbocycles. The molecule has 0 aromatic carbocycles. The van der Waals surface area contributed by atoms with E-state index in [2.05, 4.69) is 37.6 Å². The average Bonchev–Trinajstić information content (AvgIpc) is 3.05. The van der Waals surface area contributed by atoms with Gasteiger partial charge in [0, 0.05) is 24.4 Å². The lowest BCUT2D eigenvalue weighted by Crippen LogP contribution is -2.14. The van der Waals surface area contributed by atoms with Gasteiger partial charge in [-0.3, -0.25) is 10.00 Å². The molecular formula is C17H20ClN7O3. The van der Waals surface area contributed by atoms with Crippen LogP contribution in [0.5, 0.6) is 5.75 Å². The highest BCUT2D eigenvalue weighted by molar-refractivity contribution is 6.29. The topological polar surface area (TPSA) is 127 Å². The summed E-state index contributed by atoms with van der Waals surface area (Å²) in [5.41, 5.74) is 1.95. The lowest BCUT2D eigenvalue weighted by Gasteiger charge is -2.12. The minimum Gasteiger partial charge on any atom is -0.496 e. The number of carboxylic acid groups (broad SMARTS) is 1. The highest BCUT2D eigenvalue weighted by atomic mass is 35.5. The number of ether oxygens (including phenoxy) is 1. The maximum absolute atomic E-state index is 11.0. The summed E-state index contributed by atoms with van der Waals surface area (Å²) in [4.78, 5) is 23.6. The van der Waals surface area contributed by atoms with E-state index in [1.54, 1.807) is 30.3 Å². The standard InChI is InChI=1S/C17H20ClN7O3/c1-3-4-5-19-15-14-11(22-16(23-15)24-17(26)27)8-21-25(14)9-10-7-20-13(18)6-12(10)28-2/h6-8H,3-5,9H2,1-2H3,(H,26,27)(H2,19,22,23,24). The summed E-state index contributed by atoms with van der Waals surface area (Å²) in [6.07, 6.45) is 3.90. The third-order valence-corrected chi connectivity index (χ3v) is 4.19. The number of aromatic nitrogens is 5. The van der Waals surface area contributed by atoms with E-state index in [4.69, 9.17) is 21.4 Å². The number of nitrogens with one attached hydrogen (secondary N) is 2. The third-order valence-electron chi connectivity index (χ3n) is 3.98. The van der Waals surface area contributed by atoms with Crippen LogP contribution >= 0.6 is 11.6 Å². The lowest BCUT2D eigenvalue weighted by molar-refractivity contribution is 0.209. The van der Waals surface area contributed by atoms with Crippen molar-refractivity contribution >= 4 is 40.5 Å². The van der Waals surface area contributed by atoms with Gasteiger partial charge in [0.25, 0.3) is 0 Å². The Bertz CT molecular complexity index is 992. The molecule has 0 radical (unpaired) electrons. The fourth-order valence-electron chi connectivity index (χ4n) is 2.69. The first-order valence-electron chi connectivity index (χ1n) is 8.67. The fraction of sp³-hybridized carbons (Fsp3) is 0.353. The molecule has 3 N–H and O–H groups in total. The second-order valence-corrected chi connectivity index (χ2v) is 6.35. The molecular weight excluding hydrogens is 386 g/mol. The summed E-state index contributed by atoms with van der Waals surface area (Å²) in [5, 5.41) is 19.1. The van der Waals surface area contributed by atoms with E-state index in [-0.39, 0.29) is 5.95 Å². The van der Waals surface area contributed by atoms with Gasteiger partial charge in [-0.1, -0.05) is 24.9 Å². The van der Waals surface area contributed by atoms with Crippen molar-refractivity contribution in [2.75, 3.05) is 24.3 Å². The summed E-state index contributed by atoms with van der Waals surface area (Å²) >= 11 is 5.93. The molecule has 3 rings (SSSR count). The smallest absolute Gasteiger partial charge is 0.411 e. The fourth-order valence-corrected chi connectivity index (χ4v) is 2.84. The molecule has 148 valence electrons. The van der Waals surface area contributed by atoms with Gasteiger partial charge in [0.05, 0.1) is 19.9 Å². The van der Waals surface area contributed by atoms with Crippen molar-refractivity contribution in [3.8, 4) is 5.75 Å². The van der Waals surface area contributed by atoms with Crippen LogP contribution in [-0.4, -0.2) is 49.6 Å². The van der Waals surface area contributed by atoms with Gasteiger partial charge in [0.2, 0.25) is 5.95 Å². The van der Waals surface area contributed by atoms with Crippen LogP contribution in [0.1, 0.15) is 25.3 Å². The molecule has 3 heterocycles. The first-order chi connectivity index (χ1) is 13.5. The van der Waals surface area contributed by atoms with E-state index < -0.39 is 6.09 Å². The first-order valence-corrected chi connectivity index (χ1v) is 9.05. The van der Waals surface area contributed by atoms with Gasteiger partial charge in [0.1, 0.15) is 21.9 Å². The average molecular weight is 406 g/mol. The quantitative estimate of drug-likeness (QED) is 0.385. The van der Waals surface area contributed by atoms with Crippen LogP contribution < -0.4 is 15.4 Å². The van der Waals surface area contributed by atoms with Crippen molar-refractivity contribution in [2.45, 2.75) is 26.3 Å². The Balaban J connectivity index is 2.02. The molecule has 0 saturated heterocycles. The van der Waals surface area contributed by atoms with Gasteiger partial charge in [-0.2, -0.15) is 10.1 Å². The van der Waals surface area contributed by atoms with E-state index in [0.717, 1.165) is 18.4 Å². The van der Waals surface area contributed by atoms with Crippen molar-refractivity contribution in [3.05, 3.63) is 29.2 Å². The molecule has 0 atom stereocenters. The van der Waals surface area contributed by atoms with Crippen LogP contribution in [0.2, 0.25) is 5.15 Å². The number of pyridine rings is 1. The van der Waals surface area contributed by atoms with Crippen molar-refractivity contribution in [1.29, 1.82) is 0 Å². The van der Waals surface area contributed by atoms with Crippen molar-refractivity contribution in [2.24, 2.45) is 0 Å². The molecule has 3 aromatic rings.